The van der Waals surface area contributed by atoms with Crippen molar-refractivity contribution >= 4 is 21.4 Å². The van der Waals surface area contributed by atoms with Crippen LogP contribution in [-0.2, 0) is 6.54 Å². The molecule has 4 rings (SSSR count). The second kappa shape index (κ2) is 8.85. The summed E-state index contributed by atoms with van der Waals surface area (Å²) in [4.78, 5) is 4.85. The summed E-state index contributed by atoms with van der Waals surface area (Å²) in [5.74, 6) is 0.810. The minimum Gasteiger partial charge on any atom is -0.491 e. The van der Waals surface area contributed by atoms with E-state index in [-0.39, 0.29) is 0 Å². The number of β-amino-alcohol motifs (C(OH)–C–C–N with tert-alkyl or cyclic N) is 1. The summed E-state index contributed by atoms with van der Waals surface area (Å²) in [6.45, 7) is 6.08. The summed E-state index contributed by atoms with van der Waals surface area (Å²) in [5, 5.41) is 14.0. The minimum atomic E-state index is -0.461. The first-order valence-corrected chi connectivity index (χ1v) is 10.4. The molecule has 0 spiro atoms. The van der Waals surface area contributed by atoms with Gasteiger partial charge < -0.3 is 9.84 Å². The minimum absolute atomic E-state index is 0.338. The van der Waals surface area contributed by atoms with E-state index in [1.54, 1.807) is 0 Å². The molecule has 4 nitrogen and oxygen atoms in total. The van der Waals surface area contributed by atoms with Crippen molar-refractivity contribution in [1.82, 2.24) is 9.80 Å². The number of fused-ring (bicyclic) bond motifs is 1. The van der Waals surface area contributed by atoms with Crippen LogP contribution < -0.4 is 4.74 Å². The maximum Gasteiger partial charge on any atom is 0.119 e. The third-order valence-electron chi connectivity index (χ3n) is 5.07. The summed E-state index contributed by atoms with van der Waals surface area (Å²) < 4.78 is 7.02. The van der Waals surface area contributed by atoms with E-state index >= 15 is 0 Å². The lowest BCUT2D eigenvalue weighted by Crippen LogP contribution is -2.48. The Labute approximate surface area is 164 Å². The highest BCUT2D eigenvalue weighted by molar-refractivity contribution is 7.17. The highest BCUT2D eigenvalue weighted by Gasteiger charge is 2.20. The highest BCUT2D eigenvalue weighted by Crippen LogP contribution is 2.26. The summed E-state index contributed by atoms with van der Waals surface area (Å²) in [5.41, 5.74) is 1.43. The molecular formula is C22H26N2O2S. The van der Waals surface area contributed by atoms with Crippen LogP contribution in [0.4, 0.5) is 0 Å². The molecule has 0 aliphatic carbocycles. The van der Waals surface area contributed by atoms with Crippen molar-refractivity contribution in [1.29, 1.82) is 0 Å². The highest BCUT2D eigenvalue weighted by atomic mass is 32.1. The monoisotopic (exact) mass is 382 g/mol. The molecule has 1 aliphatic rings. The Morgan fingerprint density at radius 1 is 0.926 bits per heavy atom. The molecule has 1 aromatic heterocycles. The zero-order valence-electron chi connectivity index (χ0n) is 15.5. The van der Waals surface area contributed by atoms with Crippen LogP contribution in [0.3, 0.4) is 0 Å². The van der Waals surface area contributed by atoms with Gasteiger partial charge in [-0.05, 0) is 34.5 Å². The summed E-state index contributed by atoms with van der Waals surface area (Å²) in [6.07, 6.45) is -0.461. The molecule has 1 N–H and O–H groups in total. The molecule has 1 aliphatic heterocycles. The largest absolute Gasteiger partial charge is 0.491 e. The van der Waals surface area contributed by atoms with Crippen molar-refractivity contribution in [2.45, 2.75) is 12.6 Å². The Balaban J connectivity index is 1.22. The number of hydrogen-bond donors (Lipinski definition) is 1. The molecule has 5 heteroatoms. The first-order valence-electron chi connectivity index (χ1n) is 9.53. The maximum absolute atomic E-state index is 10.3. The third-order valence-corrected chi connectivity index (χ3v) is 6.09. The van der Waals surface area contributed by atoms with E-state index in [9.17, 15) is 5.11 Å². The number of benzene rings is 2. The number of piperazine rings is 1. The van der Waals surface area contributed by atoms with Crippen molar-refractivity contribution in [2.24, 2.45) is 0 Å². The van der Waals surface area contributed by atoms with Gasteiger partial charge in [0.05, 0.1) is 0 Å². The molecule has 2 heterocycles. The topological polar surface area (TPSA) is 35.9 Å². The fourth-order valence-electron chi connectivity index (χ4n) is 3.59. The van der Waals surface area contributed by atoms with Crippen LogP contribution in [-0.4, -0.2) is 60.3 Å². The molecule has 0 unspecified atom stereocenters. The Morgan fingerprint density at radius 2 is 1.63 bits per heavy atom. The molecule has 0 amide bonds. The summed E-state index contributed by atoms with van der Waals surface area (Å²) >= 11 is 1.83. The number of nitrogens with zero attached hydrogens (tertiary/aromatic N) is 2. The average Bonchev–Trinajstić information content (AvgIpc) is 3.12. The first kappa shape index (κ1) is 18.4. The summed E-state index contributed by atoms with van der Waals surface area (Å²) in [6, 6.07) is 18.3. The number of para-hydroxylation sites is 1. The van der Waals surface area contributed by atoms with Gasteiger partial charge in [-0.3, -0.25) is 9.80 Å². The van der Waals surface area contributed by atoms with Crippen LogP contribution in [0, 0.1) is 0 Å². The van der Waals surface area contributed by atoms with E-state index in [4.69, 9.17) is 4.74 Å². The number of ether oxygens (including phenoxy) is 1. The molecule has 0 saturated carbocycles. The van der Waals surface area contributed by atoms with Crippen LogP contribution in [0.1, 0.15) is 5.56 Å². The normalized spacial score (nSPS) is 17.2. The first-order chi connectivity index (χ1) is 13.3. The smallest absolute Gasteiger partial charge is 0.119 e. The lowest BCUT2D eigenvalue weighted by Gasteiger charge is -2.35. The number of rotatable bonds is 7. The van der Waals surface area contributed by atoms with E-state index in [0.717, 1.165) is 38.5 Å². The molecule has 0 bridgehead atoms. The predicted molar refractivity (Wildman–Crippen MR) is 111 cm³/mol. The van der Waals surface area contributed by atoms with Crippen molar-refractivity contribution in [3.05, 3.63) is 65.5 Å². The van der Waals surface area contributed by atoms with Gasteiger partial charge in [0, 0.05) is 44.0 Å². The summed E-state index contributed by atoms with van der Waals surface area (Å²) in [7, 11) is 0. The van der Waals surface area contributed by atoms with Gasteiger partial charge in [-0.2, -0.15) is 0 Å². The lowest BCUT2D eigenvalue weighted by molar-refractivity contribution is 0.0447. The van der Waals surface area contributed by atoms with Crippen LogP contribution in [0.5, 0.6) is 5.75 Å². The van der Waals surface area contributed by atoms with Gasteiger partial charge in [-0.25, -0.2) is 0 Å². The van der Waals surface area contributed by atoms with Crippen LogP contribution in [0.2, 0.25) is 0 Å². The van der Waals surface area contributed by atoms with E-state index in [1.165, 1.54) is 15.6 Å². The van der Waals surface area contributed by atoms with Crippen molar-refractivity contribution in [3.63, 3.8) is 0 Å². The molecule has 27 heavy (non-hydrogen) atoms. The van der Waals surface area contributed by atoms with E-state index in [0.29, 0.717) is 13.2 Å². The van der Waals surface area contributed by atoms with Gasteiger partial charge >= 0.3 is 0 Å². The molecule has 1 fully saturated rings. The second-order valence-corrected chi connectivity index (χ2v) is 8.02. The maximum atomic E-state index is 10.3. The fourth-order valence-corrected chi connectivity index (χ4v) is 4.54. The Hall–Kier alpha value is -1.92. The molecule has 1 saturated heterocycles. The van der Waals surface area contributed by atoms with Gasteiger partial charge in [0.1, 0.15) is 18.5 Å². The van der Waals surface area contributed by atoms with E-state index in [2.05, 4.69) is 39.4 Å². The average molecular weight is 383 g/mol. The molecule has 0 radical (unpaired) electrons. The second-order valence-electron chi connectivity index (χ2n) is 7.11. The van der Waals surface area contributed by atoms with Gasteiger partial charge in [-0.1, -0.05) is 36.4 Å². The van der Waals surface area contributed by atoms with Gasteiger partial charge in [-0.15, -0.1) is 11.3 Å². The third kappa shape index (κ3) is 4.87. The Bertz CT molecular complexity index is 844. The standard InChI is InChI=1S/C22H26N2O2S/c25-19(16-26-20-6-2-1-3-7-20)15-24-12-10-23(11-13-24)14-18-17-27-22-9-5-4-8-21(18)22/h1-9,17,19,25H,10-16H2/t19-/m0/s1. The van der Waals surface area contributed by atoms with Crippen molar-refractivity contribution in [3.8, 4) is 5.75 Å². The van der Waals surface area contributed by atoms with Crippen molar-refractivity contribution in [2.75, 3.05) is 39.3 Å². The van der Waals surface area contributed by atoms with Gasteiger partial charge in [0.25, 0.3) is 0 Å². The van der Waals surface area contributed by atoms with Crippen LogP contribution >= 0.6 is 11.3 Å². The van der Waals surface area contributed by atoms with Crippen LogP contribution in [0.15, 0.2) is 60.0 Å². The molecule has 1 atom stereocenters. The van der Waals surface area contributed by atoms with Gasteiger partial charge in [0.15, 0.2) is 0 Å². The Morgan fingerprint density at radius 3 is 2.44 bits per heavy atom. The Kier molecular flexibility index (Phi) is 6.04. The number of aliphatic hydroxyl groups is 1. The fraction of sp³-hybridized carbons (Fsp3) is 0.364. The molecule has 3 aromatic rings. The molecule has 2 aromatic carbocycles. The predicted octanol–water partition coefficient (Wildman–Crippen LogP) is 3.46. The zero-order valence-corrected chi connectivity index (χ0v) is 16.3. The number of thiophene rings is 1. The van der Waals surface area contributed by atoms with E-state index in [1.807, 2.05) is 41.7 Å². The number of hydrogen-bond acceptors (Lipinski definition) is 5. The van der Waals surface area contributed by atoms with Crippen molar-refractivity contribution < 1.29 is 9.84 Å². The quantitative estimate of drug-likeness (QED) is 0.679. The van der Waals surface area contributed by atoms with E-state index < -0.39 is 6.10 Å². The molecular weight excluding hydrogens is 356 g/mol. The lowest BCUT2D eigenvalue weighted by atomic mass is 10.1. The zero-order chi connectivity index (χ0) is 18.5. The van der Waals surface area contributed by atoms with Crippen LogP contribution in [0.25, 0.3) is 10.1 Å². The number of aliphatic hydroxyl groups excluding tert-OH is 1. The van der Waals surface area contributed by atoms with Gasteiger partial charge in [0.2, 0.25) is 0 Å². The molecule has 142 valence electrons. The SMILES string of the molecule is O[C@H](COc1ccccc1)CN1CCN(Cc2csc3ccccc23)CC1.